The van der Waals surface area contributed by atoms with Crippen LogP contribution in [-0.4, -0.2) is 42.1 Å². The average molecular weight is 340 g/mol. The van der Waals surface area contributed by atoms with Gasteiger partial charge in [-0.3, -0.25) is 4.79 Å². The molecule has 0 aliphatic carbocycles. The predicted molar refractivity (Wildman–Crippen MR) is 84.6 cm³/mol. The number of hydrogen-bond donors (Lipinski definition) is 1. The van der Waals surface area contributed by atoms with E-state index in [1.54, 1.807) is 25.7 Å². The van der Waals surface area contributed by atoms with Gasteiger partial charge in [-0.1, -0.05) is 0 Å². The number of halogens is 2. The molecule has 1 unspecified atom stereocenters. The van der Waals surface area contributed by atoms with E-state index in [-0.39, 0.29) is 17.6 Å². The van der Waals surface area contributed by atoms with Crippen LogP contribution >= 0.6 is 0 Å². The van der Waals surface area contributed by atoms with Crippen LogP contribution in [0.4, 0.5) is 13.6 Å². The fraction of sp³-hybridized carbons (Fsp3) is 0.529. The first-order valence-electron chi connectivity index (χ1n) is 7.87. The first-order chi connectivity index (χ1) is 11.2. The molecule has 2 amide bonds. The van der Waals surface area contributed by atoms with Crippen molar-refractivity contribution >= 4 is 12.0 Å². The molecule has 1 atom stereocenters. The lowest BCUT2D eigenvalue weighted by Crippen LogP contribution is -2.36. The Bertz CT molecular complexity index is 629. The zero-order valence-corrected chi connectivity index (χ0v) is 14.1. The SMILES string of the molecule is CC(C)(C)OC(=O)N1CCC(CNC(=O)c2ccc(F)c(F)c2)C1. The Morgan fingerprint density at radius 2 is 2.00 bits per heavy atom. The molecule has 1 fully saturated rings. The molecule has 0 saturated carbocycles. The monoisotopic (exact) mass is 340 g/mol. The summed E-state index contributed by atoms with van der Waals surface area (Å²) in [6.45, 7) is 6.84. The van der Waals surface area contributed by atoms with Crippen LogP contribution in [-0.2, 0) is 4.74 Å². The van der Waals surface area contributed by atoms with Crippen LogP contribution < -0.4 is 5.32 Å². The molecule has 24 heavy (non-hydrogen) atoms. The topological polar surface area (TPSA) is 58.6 Å². The highest BCUT2D eigenvalue weighted by Crippen LogP contribution is 2.19. The Balaban J connectivity index is 1.82. The summed E-state index contributed by atoms with van der Waals surface area (Å²) in [5, 5.41) is 2.69. The van der Waals surface area contributed by atoms with Crippen LogP contribution in [0.5, 0.6) is 0 Å². The fourth-order valence-corrected chi connectivity index (χ4v) is 2.47. The van der Waals surface area contributed by atoms with E-state index in [1.807, 2.05) is 0 Å². The molecular weight excluding hydrogens is 318 g/mol. The second-order valence-electron chi connectivity index (χ2n) is 6.92. The van der Waals surface area contributed by atoms with E-state index in [4.69, 9.17) is 4.74 Å². The second kappa shape index (κ2) is 7.15. The smallest absolute Gasteiger partial charge is 0.410 e. The maximum Gasteiger partial charge on any atom is 0.410 e. The third-order valence-electron chi connectivity index (χ3n) is 3.67. The highest BCUT2D eigenvalue weighted by Gasteiger charge is 2.29. The van der Waals surface area contributed by atoms with Gasteiger partial charge in [0.1, 0.15) is 5.60 Å². The van der Waals surface area contributed by atoms with Gasteiger partial charge in [0.15, 0.2) is 11.6 Å². The minimum Gasteiger partial charge on any atom is -0.444 e. The highest BCUT2D eigenvalue weighted by atomic mass is 19.2. The van der Waals surface area contributed by atoms with Crippen LogP contribution in [0, 0.1) is 17.6 Å². The molecule has 5 nitrogen and oxygen atoms in total. The summed E-state index contributed by atoms with van der Waals surface area (Å²) in [5.74, 6) is -2.41. The van der Waals surface area contributed by atoms with Crippen LogP contribution in [0.25, 0.3) is 0 Å². The van der Waals surface area contributed by atoms with Crippen LogP contribution in [0.3, 0.4) is 0 Å². The Kier molecular flexibility index (Phi) is 5.41. The van der Waals surface area contributed by atoms with Gasteiger partial charge in [0.05, 0.1) is 0 Å². The molecule has 1 heterocycles. The number of carbonyl (C=O) groups is 2. The summed E-state index contributed by atoms with van der Waals surface area (Å²) in [6.07, 6.45) is 0.383. The normalized spacial score (nSPS) is 17.7. The van der Waals surface area contributed by atoms with Crippen molar-refractivity contribution in [3.05, 3.63) is 35.4 Å². The molecule has 7 heteroatoms. The van der Waals surface area contributed by atoms with Crippen molar-refractivity contribution in [2.24, 2.45) is 5.92 Å². The predicted octanol–water partition coefficient (Wildman–Crippen LogP) is 2.95. The molecule has 1 N–H and O–H groups in total. The molecule has 0 radical (unpaired) electrons. The quantitative estimate of drug-likeness (QED) is 0.920. The largest absolute Gasteiger partial charge is 0.444 e. The number of nitrogens with zero attached hydrogens (tertiary/aromatic N) is 1. The van der Waals surface area contributed by atoms with E-state index in [0.29, 0.717) is 19.6 Å². The Morgan fingerprint density at radius 3 is 2.62 bits per heavy atom. The van der Waals surface area contributed by atoms with Gasteiger partial charge in [-0.15, -0.1) is 0 Å². The van der Waals surface area contributed by atoms with Gasteiger partial charge >= 0.3 is 6.09 Å². The molecule has 0 aromatic heterocycles. The van der Waals surface area contributed by atoms with Crippen molar-refractivity contribution in [3.63, 3.8) is 0 Å². The Hall–Kier alpha value is -2.18. The van der Waals surface area contributed by atoms with Crippen molar-refractivity contribution in [3.8, 4) is 0 Å². The van der Waals surface area contributed by atoms with Crippen molar-refractivity contribution in [2.45, 2.75) is 32.8 Å². The van der Waals surface area contributed by atoms with E-state index in [2.05, 4.69) is 5.32 Å². The summed E-state index contributed by atoms with van der Waals surface area (Å²) in [7, 11) is 0. The number of amides is 2. The molecular formula is C17H22F2N2O3. The molecule has 1 aromatic carbocycles. The van der Waals surface area contributed by atoms with Crippen LogP contribution in [0.2, 0.25) is 0 Å². The maximum absolute atomic E-state index is 13.1. The van der Waals surface area contributed by atoms with Gasteiger partial charge in [-0.2, -0.15) is 0 Å². The lowest BCUT2D eigenvalue weighted by atomic mass is 10.1. The van der Waals surface area contributed by atoms with Gasteiger partial charge in [-0.05, 0) is 51.3 Å². The van der Waals surface area contributed by atoms with E-state index < -0.39 is 23.1 Å². The number of likely N-dealkylation sites (tertiary alicyclic amines) is 1. The number of hydrogen-bond acceptors (Lipinski definition) is 3. The third-order valence-corrected chi connectivity index (χ3v) is 3.67. The number of nitrogens with one attached hydrogen (secondary N) is 1. The fourth-order valence-electron chi connectivity index (χ4n) is 2.47. The molecule has 2 rings (SSSR count). The minimum atomic E-state index is -1.06. The number of benzene rings is 1. The first kappa shape index (κ1) is 18.2. The van der Waals surface area contributed by atoms with Crippen molar-refractivity contribution in [1.82, 2.24) is 10.2 Å². The zero-order chi connectivity index (χ0) is 17.9. The molecule has 0 bridgehead atoms. The third kappa shape index (κ3) is 4.91. The number of carbonyl (C=O) groups excluding carboxylic acids is 2. The average Bonchev–Trinajstić information content (AvgIpc) is 2.95. The zero-order valence-electron chi connectivity index (χ0n) is 14.1. The second-order valence-corrected chi connectivity index (χ2v) is 6.92. The van der Waals surface area contributed by atoms with Crippen molar-refractivity contribution < 1.29 is 23.1 Å². The summed E-state index contributed by atoms with van der Waals surface area (Å²) in [5.41, 5.74) is -0.480. The van der Waals surface area contributed by atoms with Gasteiger partial charge in [0.25, 0.3) is 5.91 Å². The van der Waals surface area contributed by atoms with Crippen molar-refractivity contribution in [2.75, 3.05) is 19.6 Å². The summed E-state index contributed by atoms with van der Waals surface area (Å²) in [4.78, 5) is 25.5. The highest BCUT2D eigenvalue weighted by molar-refractivity contribution is 5.94. The van der Waals surface area contributed by atoms with Crippen LogP contribution in [0.15, 0.2) is 18.2 Å². The first-order valence-corrected chi connectivity index (χ1v) is 7.87. The van der Waals surface area contributed by atoms with Crippen LogP contribution in [0.1, 0.15) is 37.6 Å². The van der Waals surface area contributed by atoms with Gasteiger partial charge in [0, 0.05) is 25.2 Å². The molecule has 1 saturated heterocycles. The van der Waals surface area contributed by atoms with Gasteiger partial charge in [0.2, 0.25) is 0 Å². The minimum absolute atomic E-state index is 0.0656. The Labute approximate surface area is 140 Å². The van der Waals surface area contributed by atoms with Gasteiger partial charge < -0.3 is 15.0 Å². The molecule has 0 spiro atoms. The van der Waals surface area contributed by atoms with E-state index in [9.17, 15) is 18.4 Å². The number of ether oxygens (including phenoxy) is 1. The number of rotatable bonds is 3. The molecule has 1 aliphatic heterocycles. The molecule has 1 aliphatic rings. The standard InChI is InChI=1S/C17H22F2N2O3/c1-17(2,3)24-16(23)21-7-6-11(10-21)9-20-15(22)12-4-5-13(18)14(19)8-12/h4-5,8,11H,6-7,9-10H2,1-3H3,(H,20,22). The Morgan fingerprint density at radius 1 is 1.29 bits per heavy atom. The lowest BCUT2D eigenvalue weighted by Gasteiger charge is -2.24. The lowest BCUT2D eigenvalue weighted by molar-refractivity contribution is 0.0288. The summed E-state index contributed by atoms with van der Waals surface area (Å²) in [6, 6.07) is 3.02. The van der Waals surface area contributed by atoms with E-state index >= 15 is 0 Å². The molecule has 132 valence electrons. The van der Waals surface area contributed by atoms with Gasteiger partial charge in [-0.25, -0.2) is 13.6 Å². The van der Waals surface area contributed by atoms with E-state index in [1.165, 1.54) is 6.07 Å². The molecule has 1 aromatic rings. The van der Waals surface area contributed by atoms with E-state index in [0.717, 1.165) is 18.6 Å². The van der Waals surface area contributed by atoms with Crippen molar-refractivity contribution in [1.29, 1.82) is 0 Å². The maximum atomic E-state index is 13.1. The summed E-state index contributed by atoms with van der Waals surface area (Å²) < 4.78 is 31.3. The summed E-state index contributed by atoms with van der Waals surface area (Å²) >= 11 is 0.